The number of aliphatic imine (C=N–C) groups is 1. The molecule has 3 nitrogen and oxygen atoms in total. The molecule has 1 heterocycles. The summed E-state index contributed by atoms with van der Waals surface area (Å²) in [7, 11) is 0. The molecule has 1 N–H and O–H groups in total. The van der Waals surface area contributed by atoms with E-state index in [4.69, 9.17) is 0 Å². The monoisotopic (exact) mass is 267 g/mol. The van der Waals surface area contributed by atoms with Gasteiger partial charge in [0.25, 0.3) is 0 Å². The summed E-state index contributed by atoms with van der Waals surface area (Å²) in [6.45, 7) is 7.67. The van der Waals surface area contributed by atoms with Gasteiger partial charge in [-0.3, -0.25) is 9.79 Å². The summed E-state index contributed by atoms with van der Waals surface area (Å²) in [5, 5.41) is 9.33. The Morgan fingerprint density at radius 2 is 2.28 bits per heavy atom. The fourth-order valence-electron chi connectivity index (χ4n) is 1.63. The van der Waals surface area contributed by atoms with Crippen LogP contribution in [-0.4, -0.2) is 26.8 Å². The number of rotatable bonds is 5. The van der Waals surface area contributed by atoms with Gasteiger partial charge in [0, 0.05) is 23.1 Å². The molecule has 18 heavy (non-hydrogen) atoms. The van der Waals surface area contributed by atoms with Crippen molar-refractivity contribution in [3.63, 3.8) is 0 Å². The minimum absolute atomic E-state index is 0.158. The summed E-state index contributed by atoms with van der Waals surface area (Å²) in [6, 6.07) is 0. The molecule has 0 saturated carbocycles. The quantitative estimate of drug-likeness (QED) is 0.829. The zero-order chi connectivity index (χ0) is 13.8. The van der Waals surface area contributed by atoms with E-state index in [1.807, 2.05) is 12.2 Å². The third kappa shape index (κ3) is 3.73. The van der Waals surface area contributed by atoms with Gasteiger partial charge in [0.15, 0.2) is 0 Å². The standard InChI is InChI=1S/C14H21NO2S/c1-5-6-7-11-10(2)12(8-9-15-11)18-14(3,4)13(16)17/h6-10,12H,5H2,1-4H3,(H,16,17)/b7-6-/t10?,12-/m1/s1. The smallest absolute Gasteiger partial charge is 0.319 e. The molecule has 4 heteroatoms. The summed E-state index contributed by atoms with van der Waals surface area (Å²) >= 11 is 1.48. The number of carbonyl (C=O) groups is 1. The molecule has 0 bridgehead atoms. The molecule has 0 spiro atoms. The fourth-order valence-corrected chi connectivity index (χ4v) is 2.91. The van der Waals surface area contributed by atoms with Gasteiger partial charge in [-0.2, -0.15) is 0 Å². The lowest BCUT2D eigenvalue weighted by Crippen LogP contribution is -2.33. The van der Waals surface area contributed by atoms with E-state index in [0.29, 0.717) is 0 Å². The maximum atomic E-state index is 11.2. The molecular formula is C14H21NO2S. The zero-order valence-electron chi connectivity index (χ0n) is 11.4. The first kappa shape index (κ1) is 15.0. The molecule has 0 aliphatic carbocycles. The molecular weight excluding hydrogens is 246 g/mol. The number of thioether (sulfide) groups is 1. The van der Waals surface area contributed by atoms with Crippen LogP contribution in [0.25, 0.3) is 0 Å². The van der Waals surface area contributed by atoms with Crippen LogP contribution < -0.4 is 0 Å². The third-order valence-electron chi connectivity index (χ3n) is 2.93. The van der Waals surface area contributed by atoms with E-state index in [-0.39, 0.29) is 11.2 Å². The summed E-state index contributed by atoms with van der Waals surface area (Å²) in [5.74, 6) is -0.539. The number of aliphatic carboxylic acids is 1. The zero-order valence-corrected chi connectivity index (χ0v) is 12.2. The molecule has 1 aliphatic heterocycles. The van der Waals surface area contributed by atoms with Crippen LogP contribution in [0.5, 0.6) is 0 Å². The van der Waals surface area contributed by atoms with Crippen LogP contribution in [0.4, 0.5) is 0 Å². The molecule has 0 aromatic heterocycles. The van der Waals surface area contributed by atoms with E-state index in [9.17, 15) is 9.90 Å². The van der Waals surface area contributed by atoms with Crippen molar-refractivity contribution in [2.75, 3.05) is 0 Å². The van der Waals surface area contributed by atoms with Gasteiger partial charge in [0.2, 0.25) is 0 Å². The average Bonchev–Trinajstić information content (AvgIpc) is 2.30. The largest absolute Gasteiger partial charge is 0.480 e. The second-order valence-corrected chi connectivity index (χ2v) is 6.69. The minimum atomic E-state index is -0.778. The lowest BCUT2D eigenvalue weighted by atomic mass is 9.98. The van der Waals surface area contributed by atoms with Crippen molar-refractivity contribution in [2.24, 2.45) is 10.9 Å². The lowest BCUT2D eigenvalue weighted by molar-refractivity contribution is -0.138. The number of hydrogen-bond acceptors (Lipinski definition) is 3. The Morgan fingerprint density at radius 1 is 1.61 bits per heavy atom. The highest BCUT2D eigenvalue weighted by Gasteiger charge is 2.34. The molecule has 0 aromatic carbocycles. The summed E-state index contributed by atoms with van der Waals surface area (Å²) in [6.07, 6.45) is 8.87. The molecule has 1 unspecified atom stereocenters. The van der Waals surface area contributed by atoms with Crippen molar-refractivity contribution in [1.29, 1.82) is 0 Å². The van der Waals surface area contributed by atoms with Crippen molar-refractivity contribution in [3.8, 4) is 0 Å². The van der Waals surface area contributed by atoms with Gasteiger partial charge in [-0.1, -0.05) is 26.0 Å². The van der Waals surface area contributed by atoms with E-state index < -0.39 is 10.7 Å². The van der Waals surface area contributed by atoms with Crippen LogP contribution >= 0.6 is 11.8 Å². The predicted octanol–water partition coefficient (Wildman–Crippen LogP) is 3.52. The van der Waals surface area contributed by atoms with E-state index in [0.717, 1.165) is 12.1 Å². The summed E-state index contributed by atoms with van der Waals surface area (Å²) in [5.41, 5.74) is 1.03. The molecule has 0 fully saturated rings. The van der Waals surface area contributed by atoms with Crippen LogP contribution in [-0.2, 0) is 4.79 Å². The van der Waals surface area contributed by atoms with Gasteiger partial charge >= 0.3 is 5.97 Å². The summed E-state index contributed by atoms with van der Waals surface area (Å²) in [4.78, 5) is 15.5. The molecule has 0 radical (unpaired) electrons. The first-order chi connectivity index (χ1) is 8.38. The number of allylic oxidation sites excluding steroid dienone is 2. The van der Waals surface area contributed by atoms with Gasteiger partial charge in [-0.15, -0.1) is 11.8 Å². The van der Waals surface area contributed by atoms with Crippen LogP contribution in [0.15, 0.2) is 29.4 Å². The Kier molecular flexibility index (Phi) is 5.20. The predicted molar refractivity (Wildman–Crippen MR) is 78.3 cm³/mol. The second kappa shape index (κ2) is 6.23. The van der Waals surface area contributed by atoms with E-state index >= 15 is 0 Å². The van der Waals surface area contributed by atoms with Gasteiger partial charge in [-0.05, 0) is 26.3 Å². The van der Waals surface area contributed by atoms with Crippen molar-refractivity contribution in [1.82, 2.24) is 0 Å². The van der Waals surface area contributed by atoms with Crippen molar-refractivity contribution in [2.45, 2.75) is 44.1 Å². The molecule has 1 rings (SSSR count). The highest BCUT2D eigenvalue weighted by atomic mass is 32.2. The number of hydrogen-bond donors (Lipinski definition) is 1. The second-order valence-electron chi connectivity index (χ2n) is 4.89. The van der Waals surface area contributed by atoms with Gasteiger partial charge < -0.3 is 5.11 Å². The fraction of sp³-hybridized carbons (Fsp3) is 0.571. The Hall–Kier alpha value is -1.03. The topological polar surface area (TPSA) is 49.7 Å². The van der Waals surface area contributed by atoms with Crippen molar-refractivity contribution in [3.05, 3.63) is 24.4 Å². The Bertz CT molecular complexity index is 397. The SMILES string of the molecule is CC/C=C\C1=NC=C[C@@H](SC(C)(C)C(=O)O)C1C. The molecule has 1 aliphatic rings. The number of carboxylic acid groups (broad SMARTS) is 1. The normalized spacial score (nSPS) is 24.3. The Labute approximate surface area is 113 Å². The van der Waals surface area contributed by atoms with Crippen molar-refractivity contribution >= 4 is 23.4 Å². The van der Waals surface area contributed by atoms with Crippen LogP contribution in [0.2, 0.25) is 0 Å². The Balaban J connectivity index is 2.77. The minimum Gasteiger partial charge on any atom is -0.480 e. The molecule has 0 amide bonds. The molecule has 100 valence electrons. The molecule has 2 atom stereocenters. The Morgan fingerprint density at radius 3 is 2.83 bits per heavy atom. The van der Waals surface area contributed by atoms with E-state index in [1.165, 1.54) is 11.8 Å². The van der Waals surface area contributed by atoms with Gasteiger partial charge in [0.05, 0.1) is 0 Å². The molecule has 0 saturated heterocycles. The lowest BCUT2D eigenvalue weighted by Gasteiger charge is -2.29. The number of carboxylic acids is 1. The maximum Gasteiger partial charge on any atom is 0.319 e. The third-order valence-corrected chi connectivity index (χ3v) is 4.53. The van der Waals surface area contributed by atoms with Gasteiger partial charge in [-0.25, -0.2) is 0 Å². The van der Waals surface area contributed by atoms with Crippen molar-refractivity contribution < 1.29 is 9.90 Å². The highest BCUT2D eigenvalue weighted by molar-refractivity contribution is 8.02. The summed E-state index contributed by atoms with van der Waals surface area (Å²) < 4.78 is -0.778. The maximum absolute atomic E-state index is 11.2. The van der Waals surface area contributed by atoms with Crippen LogP contribution in [0, 0.1) is 5.92 Å². The average molecular weight is 267 g/mol. The van der Waals surface area contributed by atoms with Gasteiger partial charge in [0.1, 0.15) is 4.75 Å². The van der Waals surface area contributed by atoms with E-state index in [1.54, 1.807) is 20.0 Å². The van der Waals surface area contributed by atoms with Crippen LogP contribution in [0.3, 0.4) is 0 Å². The first-order valence-electron chi connectivity index (χ1n) is 6.20. The van der Waals surface area contributed by atoms with E-state index in [2.05, 4.69) is 24.9 Å². The highest BCUT2D eigenvalue weighted by Crippen LogP contribution is 2.35. The molecule has 0 aromatic rings. The first-order valence-corrected chi connectivity index (χ1v) is 7.08. The number of nitrogens with zero attached hydrogens (tertiary/aromatic N) is 1. The van der Waals surface area contributed by atoms with Crippen LogP contribution in [0.1, 0.15) is 34.1 Å².